The molecule has 0 radical (unpaired) electrons. The highest BCUT2D eigenvalue weighted by Crippen LogP contribution is 2.34. The molecule has 128 valence electrons. The molecule has 1 aliphatic rings. The molecule has 0 saturated carbocycles. The van der Waals surface area contributed by atoms with Crippen LogP contribution >= 0.6 is 15.9 Å². The lowest BCUT2D eigenvalue weighted by Gasteiger charge is -2.30. The number of hydrogen-bond acceptors (Lipinski definition) is 4. The summed E-state index contributed by atoms with van der Waals surface area (Å²) in [5, 5.41) is 0. The molecule has 2 N–H and O–H groups in total. The SMILES string of the molecule is CCOc1cc(Br)c(CC(=O)N2CCC(N)CC2)cc1OCC. The summed E-state index contributed by atoms with van der Waals surface area (Å²) in [6.07, 6.45) is 2.10. The number of rotatable bonds is 6. The zero-order valence-electron chi connectivity index (χ0n) is 13.8. The van der Waals surface area contributed by atoms with E-state index in [1.165, 1.54) is 0 Å². The van der Waals surface area contributed by atoms with E-state index < -0.39 is 0 Å². The number of halogens is 1. The standard InChI is InChI=1S/C17H25BrN2O3/c1-3-22-15-9-12(14(18)11-16(15)23-4-2)10-17(21)20-7-5-13(19)6-8-20/h9,11,13H,3-8,10,19H2,1-2H3. The van der Waals surface area contributed by atoms with E-state index in [0.29, 0.717) is 31.1 Å². The van der Waals surface area contributed by atoms with E-state index in [9.17, 15) is 4.79 Å². The van der Waals surface area contributed by atoms with Gasteiger partial charge in [-0.3, -0.25) is 4.79 Å². The Balaban J connectivity index is 2.12. The van der Waals surface area contributed by atoms with Crippen LogP contribution in [0.3, 0.4) is 0 Å². The maximum absolute atomic E-state index is 12.5. The lowest BCUT2D eigenvalue weighted by Crippen LogP contribution is -2.43. The molecule has 1 fully saturated rings. The summed E-state index contributed by atoms with van der Waals surface area (Å²) in [6.45, 7) is 6.47. The summed E-state index contributed by atoms with van der Waals surface area (Å²) in [5.74, 6) is 1.51. The van der Waals surface area contributed by atoms with E-state index >= 15 is 0 Å². The van der Waals surface area contributed by atoms with Gasteiger partial charge in [-0.1, -0.05) is 15.9 Å². The summed E-state index contributed by atoms with van der Waals surface area (Å²) < 4.78 is 12.1. The minimum absolute atomic E-state index is 0.129. The Kier molecular flexibility index (Phi) is 6.72. The van der Waals surface area contributed by atoms with Crippen molar-refractivity contribution < 1.29 is 14.3 Å². The molecule has 1 heterocycles. The van der Waals surface area contributed by atoms with Crippen molar-refractivity contribution in [2.75, 3.05) is 26.3 Å². The molecule has 1 aromatic rings. The van der Waals surface area contributed by atoms with E-state index in [2.05, 4.69) is 15.9 Å². The Hall–Kier alpha value is -1.27. The highest BCUT2D eigenvalue weighted by molar-refractivity contribution is 9.10. The number of ether oxygens (including phenoxy) is 2. The van der Waals surface area contributed by atoms with Crippen molar-refractivity contribution in [2.45, 2.75) is 39.2 Å². The molecule has 6 heteroatoms. The van der Waals surface area contributed by atoms with Gasteiger partial charge in [-0.15, -0.1) is 0 Å². The van der Waals surface area contributed by atoms with Gasteiger partial charge < -0.3 is 20.1 Å². The van der Waals surface area contributed by atoms with Gasteiger partial charge in [-0.25, -0.2) is 0 Å². The molecule has 23 heavy (non-hydrogen) atoms. The monoisotopic (exact) mass is 384 g/mol. The molecule has 0 bridgehead atoms. The molecule has 0 unspecified atom stereocenters. The van der Waals surface area contributed by atoms with Crippen molar-refractivity contribution in [3.05, 3.63) is 22.2 Å². The van der Waals surface area contributed by atoms with E-state index in [0.717, 1.165) is 36.0 Å². The van der Waals surface area contributed by atoms with Gasteiger partial charge in [0.05, 0.1) is 19.6 Å². The van der Waals surface area contributed by atoms with Crippen molar-refractivity contribution in [1.82, 2.24) is 4.90 Å². The third kappa shape index (κ3) is 4.85. The molecule has 5 nitrogen and oxygen atoms in total. The fourth-order valence-electron chi connectivity index (χ4n) is 2.67. The third-order valence-corrected chi connectivity index (χ3v) is 4.68. The predicted molar refractivity (Wildman–Crippen MR) is 94.0 cm³/mol. The summed E-state index contributed by atoms with van der Waals surface area (Å²) in [6, 6.07) is 4.00. The van der Waals surface area contributed by atoms with Gasteiger partial charge in [-0.2, -0.15) is 0 Å². The topological polar surface area (TPSA) is 64.8 Å². The van der Waals surface area contributed by atoms with Gasteiger partial charge in [0, 0.05) is 23.6 Å². The minimum Gasteiger partial charge on any atom is -0.490 e. The van der Waals surface area contributed by atoms with Crippen LogP contribution in [0.2, 0.25) is 0 Å². The first-order chi connectivity index (χ1) is 11.0. The second kappa shape index (κ2) is 8.55. The van der Waals surface area contributed by atoms with Gasteiger partial charge in [-0.05, 0) is 44.4 Å². The maximum Gasteiger partial charge on any atom is 0.227 e. The molecule has 1 saturated heterocycles. The van der Waals surface area contributed by atoms with Crippen molar-refractivity contribution in [1.29, 1.82) is 0 Å². The van der Waals surface area contributed by atoms with Crippen LogP contribution in [0.1, 0.15) is 32.3 Å². The number of likely N-dealkylation sites (tertiary alicyclic amines) is 1. The lowest BCUT2D eigenvalue weighted by molar-refractivity contribution is -0.131. The second-order valence-corrected chi connectivity index (χ2v) is 6.51. The smallest absolute Gasteiger partial charge is 0.227 e. The molecule has 0 aromatic heterocycles. The van der Waals surface area contributed by atoms with Crippen LogP contribution in [0.25, 0.3) is 0 Å². The van der Waals surface area contributed by atoms with Gasteiger partial charge >= 0.3 is 0 Å². The predicted octanol–water partition coefficient (Wildman–Crippen LogP) is 2.74. The Morgan fingerprint density at radius 1 is 1.22 bits per heavy atom. The van der Waals surface area contributed by atoms with Crippen LogP contribution < -0.4 is 15.2 Å². The first kappa shape index (κ1) is 18.1. The average molecular weight is 385 g/mol. The molecule has 2 rings (SSSR count). The van der Waals surface area contributed by atoms with Crippen molar-refractivity contribution >= 4 is 21.8 Å². The number of hydrogen-bond donors (Lipinski definition) is 1. The van der Waals surface area contributed by atoms with Crippen LogP contribution in [-0.4, -0.2) is 43.2 Å². The fraction of sp³-hybridized carbons (Fsp3) is 0.588. The first-order valence-electron chi connectivity index (χ1n) is 8.16. The summed E-state index contributed by atoms with van der Waals surface area (Å²) in [7, 11) is 0. The molecule has 0 atom stereocenters. The van der Waals surface area contributed by atoms with E-state index in [1.54, 1.807) is 0 Å². The van der Waals surface area contributed by atoms with Crippen molar-refractivity contribution in [3.63, 3.8) is 0 Å². The number of amides is 1. The van der Waals surface area contributed by atoms with Gasteiger partial charge in [0.2, 0.25) is 5.91 Å². The largest absolute Gasteiger partial charge is 0.490 e. The number of carbonyl (C=O) groups is 1. The number of benzene rings is 1. The Morgan fingerprint density at radius 2 is 1.78 bits per heavy atom. The van der Waals surface area contributed by atoms with Gasteiger partial charge in [0.15, 0.2) is 11.5 Å². The minimum atomic E-state index is 0.129. The number of carbonyl (C=O) groups excluding carboxylic acids is 1. The molecular weight excluding hydrogens is 360 g/mol. The highest BCUT2D eigenvalue weighted by atomic mass is 79.9. The van der Waals surface area contributed by atoms with Crippen molar-refractivity contribution in [2.24, 2.45) is 5.73 Å². The summed E-state index contributed by atoms with van der Waals surface area (Å²) in [5.41, 5.74) is 6.81. The lowest BCUT2D eigenvalue weighted by atomic mass is 10.0. The first-order valence-corrected chi connectivity index (χ1v) is 8.95. The Labute approximate surface area is 146 Å². The zero-order valence-corrected chi connectivity index (χ0v) is 15.4. The van der Waals surface area contributed by atoms with Crippen LogP contribution in [-0.2, 0) is 11.2 Å². The second-order valence-electron chi connectivity index (χ2n) is 5.65. The van der Waals surface area contributed by atoms with E-state index in [4.69, 9.17) is 15.2 Å². The molecular formula is C17H25BrN2O3. The van der Waals surface area contributed by atoms with E-state index in [-0.39, 0.29) is 11.9 Å². The highest BCUT2D eigenvalue weighted by Gasteiger charge is 2.22. The van der Waals surface area contributed by atoms with E-state index in [1.807, 2.05) is 30.9 Å². The fourth-order valence-corrected chi connectivity index (χ4v) is 3.14. The van der Waals surface area contributed by atoms with Crippen LogP contribution in [0, 0.1) is 0 Å². The van der Waals surface area contributed by atoms with Crippen LogP contribution in [0.15, 0.2) is 16.6 Å². The van der Waals surface area contributed by atoms with Gasteiger partial charge in [0.1, 0.15) is 0 Å². The summed E-state index contributed by atoms with van der Waals surface area (Å²) in [4.78, 5) is 14.4. The van der Waals surface area contributed by atoms with Crippen LogP contribution in [0.5, 0.6) is 11.5 Å². The molecule has 1 amide bonds. The van der Waals surface area contributed by atoms with Crippen molar-refractivity contribution in [3.8, 4) is 11.5 Å². The normalized spacial score (nSPS) is 15.6. The quantitative estimate of drug-likeness (QED) is 0.818. The van der Waals surface area contributed by atoms with Crippen LogP contribution in [0.4, 0.5) is 0 Å². The molecule has 0 aliphatic carbocycles. The molecule has 1 aromatic carbocycles. The number of nitrogens with zero attached hydrogens (tertiary/aromatic N) is 1. The number of nitrogens with two attached hydrogens (primary N) is 1. The number of piperidine rings is 1. The third-order valence-electron chi connectivity index (χ3n) is 3.95. The summed E-state index contributed by atoms with van der Waals surface area (Å²) >= 11 is 3.54. The molecule has 0 spiro atoms. The Bertz CT molecular complexity index is 543. The molecule has 1 aliphatic heterocycles. The average Bonchev–Trinajstić information content (AvgIpc) is 2.52. The maximum atomic E-state index is 12.5. The zero-order chi connectivity index (χ0) is 16.8. The van der Waals surface area contributed by atoms with Gasteiger partial charge in [0.25, 0.3) is 0 Å². The Morgan fingerprint density at radius 3 is 2.35 bits per heavy atom.